The van der Waals surface area contributed by atoms with Gasteiger partial charge in [-0.3, -0.25) is 9.59 Å². The van der Waals surface area contributed by atoms with Gasteiger partial charge in [0.2, 0.25) is 0 Å². The van der Waals surface area contributed by atoms with Gasteiger partial charge in [0.05, 0.1) is 6.42 Å². The maximum absolute atomic E-state index is 12.8. The molecule has 0 aromatic carbocycles. The number of carbonyl (C=O) groups excluding carboxylic acids is 3. The minimum Gasteiger partial charge on any atom is -0.462 e. The van der Waals surface area contributed by atoms with Crippen molar-refractivity contribution in [3.8, 4) is 0 Å². The number of carbonyl (C=O) groups is 3. The highest BCUT2D eigenvalue weighted by Gasteiger charge is 2.19. The first-order valence-electron chi connectivity index (χ1n) is 14.6. The topological polar surface area (TPSA) is 66.9 Å². The summed E-state index contributed by atoms with van der Waals surface area (Å²) in [4.78, 5) is 40.0. The Bertz CT molecular complexity index is 531. The second-order valence-corrected chi connectivity index (χ2v) is 11.2. The van der Waals surface area contributed by atoms with E-state index >= 15 is 0 Å². The first-order chi connectivity index (χ1) is 17.4. The molecule has 0 N–H and O–H groups in total. The van der Waals surface area contributed by atoms with Crippen LogP contribution in [0.5, 0.6) is 0 Å². The van der Waals surface area contributed by atoms with Crippen molar-refractivity contribution in [1.29, 1.82) is 0 Å². The monoisotopic (exact) mass is 528 g/mol. The molecule has 0 bridgehead atoms. The maximum atomic E-state index is 12.8. The summed E-state index contributed by atoms with van der Waals surface area (Å²) in [6.45, 7) is 6.31. The van der Waals surface area contributed by atoms with E-state index in [0.29, 0.717) is 19.5 Å². The van der Waals surface area contributed by atoms with Gasteiger partial charge < -0.3 is 19.3 Å². The number of esters is 1. The Kier molecular flexibility index (Phi) is 24.8. The molecule has 0 unspecified atom stereocenters. The molecule has 0 radical (unpaired) electrons. The predicted molar refractivity (Wildman–Crippen MR) is 154 cm³/mol. The Morgan fingerprint density at radius 1 is 0.778 bits per heavy atom. The summed E-state index contributed by atoms with van der Waals surface area (Å²) in [5.74, 6) is 0.551. The zero-order valence-corrected chi connectivity index (χ0v) is 24.8. The number of rotatable bonds is 25. The summed E-state index contributed by atoms with van der Waals surface area (Å²) in [7, 11) is 3.99. The largest absolute Gasteiger partial charge is 0.462 e. The van der Waals surface area contributed by atoms with Crippen molar-refractivity contribution in [2.75, 3.05) is 39.5 Å². The molecule has 36 heavy (non-hydrogen) atoms. The number of ether oxygens (including phenoxy) is 1. The van der Waals surface area contributed by atoms with E-state index in [1.165, 1.54) is 63.1 Å². The van der Waals surface area contributed by atoms with E-state index in [1.807, 2.05) is 14.1 Å². The third kappa shape index (κ3) is 22.1. The molecule has 0 aromatic rings. The molecule has 0 aliphatic rings. The van der Waals surface area contributed by atoms with Crippen LogP contribution < -0.4 is 0 Å². The van der Waals surface area contributed by atoms with E-state index < -0.39 is 0 Å². The van der Waals surface area contributed by atoms with Gasteiger partial charge in [0.25, 0.3) is 5.24 Å². The molecule has 212 valence electrons. The molecule has 7 heteroatoms. The number of hydrogen-bond donors (Lipinski definition) is 0. The molecule has 6 nitrogen and oxygen atoms in total. The van der Waals surface area contributed by atoms with Crippen molar-refractivity contribution < 1.29 is 19.1 Å². The number of nitrogens with zero attached hydrogens (tertiary/aromatic N) is 2. The van der Waals surface area contributed by atoms with E-state index in [0.717, 1.165) is 63.5 Å². The summed E-state index contributed by atoms with van der Waals surface area (Å²) >= 11 is 1.32. The normalized spacial score (nSPS) is 11.3. The predicted octanol–water partition coefficient (Wildman–Crippen LogP) is 7.49. The molecule has 0 atom stereocenters. The first kappa shape index (κ1) is 34.9. The number of thioether (sulfide) groups is 1. The Balaban J connectivity index is 4.71. The molecular weight excluding hydrogens is 472 g/mol. The Morgan fingerprint density at radius 3 is 1.92 bits per heavy atom. The van der Waals surface area contributed by atoms with Crippen LogP contribution >= 0.6 is 11.8 Å². The zero-order chi connectivity index (χ0) is 26.9. The third-order valence-electron chi connectivity index (χ3n) is 6.42. The lowest BCUT2D eigenvalue weighted by molar-refractivity contribution is -0.150. The van der Waals surface area contributed by atoms with E-state index in [1.54, 1.807) is 4.90 Å². The minimum absolute atomic E-state index is 0.00251. The van der Waals surface area contributed by atoms with Crippen molar-refractivity contribution in [2.24, 2.45) is 0 Å². The minimum atomic E-state index is -0.181. The van der Waals surface area contributed by atoms with Crippen LogP contribution in [0.3, 0.4) is 0 Å². The summed E-state index contributed by atoms with van der Waals surface area (Å²) in [5, 5.41) is 0.0310. The standard InChI is InChI=1S/C29H56N2O4S/c1-5-7-9-11-15-19-27(20-16-12-10-8-6-2)35-28(33)21-23-31(22-17-13-14-18-25-32)29(34)36-26-24-30(3)4/h25,27H,5-24,26H2,1-4H3. The van der Waals surface area contributed by atoms with Gasteiger partial charge in [-0.1, -0.05) is 83.4 Å². The summed E-state index contributed by atoms with van der Waals surface area (Å²) in [5.41, 5.74) is 0. The molecule has 0 saturated carbocycles. The zero-order valence-electron chi connectivity index (χ0n) is 23.9. The summed E-state index contributed by atoms with van der Waals surface area (Å²) in [6, 6.07) is 0. The number of amides is 1. The van der Waals surface area contributed by atoms with Crippen molar-refractivity contribution in [2.45, 2.75) is 129 Å². The van der Waals surface area contributed by atoms with Crippen LogP contribution in [-0.2, 0) is 14.3 Å². The smallest absolute Gasteiger partial charge is 0.307 e. The van der Waals surface area contributed by atoms with Gasteiger partial charge in [0, 0.05) is 31.8 Å². The van der Waals surface area contributed by atoms with Crippen LogP contribution in [0.15, 0.2) is 0 Å². The van der Waals surface area contributed by atoms with Gasteiger partial charge in [-0.05, 0) is 52.6 Å². The molecule has 0 fully saturated rings. The summed E-state index contributed by atoms with van der Waals surface area (Å²) in [6.07, 6.45) is 18.4. The highest BCUT2D eigenvalue weighted by atomic mass is 32.2. The fourth-order valence-corrected chi connectivity index (χ4v) is 5.09. The molecule has 0 aromatic heterocycles. The average molecular weight is 529 g/mol. The van der Waals surface area contributed by atoms with E-state index in [9.17, 15) is 14.4 Å². The Hall–Kier alpha value is -1.08. The van der Waals surface area contributed by atoms with Gasteiger partial charge in [-0.25, -0.2) is 0 Å². The fourth-order valence-electron chi connectivity index (χ4n) is 4.09. The lowest BCUT2D eigenvalue weighted by atomic mass is 10.0. The number of hydrogen-bond acceptors (Lipinski definition) is 6. The molecule has 0 heterocycles. The molecule has 0 rings (SSSR count). The van der Waals surface area contributed by atoms with Crippen LogP contribution in [-0.4, -0.2) is 72.9 Å². The molecule has 0 spiro atoms. The quantitative estimate of drug-likeness (QED) is 0.0695. The lowest BCUT2D eigenvalue weighted by Crippen LogP contribution is -2.32. The van der Waals surface area contributed by atoms with Gasteiger partial charge in [0.15, 0.2) is 0 Å². The van der Waals surface area contributed by atoms with Gasteiger partial charge in [-0.2, -0.15) is 0 Å². The van der Waals surface area contributed by atoms with Gasteiger partial charge in [0.1, 0.15) is 12.4 Å². The van der Waals surface area contributed by atoms with Crippen molar-refractivity contribution in [1.82, 2.24) is 9.80 Å². The maximum Gasteiger partial charge on any atom is 0.307 e. The lowest BCUT2D eigenvalue weighted by Gasteiger charge is -2.23. The fraction of sp³-hybridized carbons (Fsp3) is 0.897. The van der Waals surface area contributed by atoms with Crippen molar-refractivity contribution in [3.63, 3.8) is 0 Å². The van der Waals surface area contributed by atoms with Crippen LogP contribution in [0.1, 0.15) is 123 Å². The average Bonchev–Trinajstić information content (AvgIpc) is 2.84. The molecule has 1 amide bonds. The first-order valence-corrected chi connectivity index (χ1v) is 15.6. The highest BCUT2D eigenvalue weighted by molar-refractivity contribution is 8.13. The third-order valence-corrected chi connectivity index (χ3v) is 7.31. The SMILES string of the molecule is CCCCCCCC(CCCCCCC)OC(=O)CCN(CCCCCC=O)C(=O)SCCN(C)C. The Morgan fingerprint density at radius 2 is 1.36 bits per heavy atom. The van der Waals surface area contributed by atoms with E-state index in [4.69, 9.17) is 4.74 Å². The van der Waals surface area contributed by atoms with Gasteiger partial charge >= 0.3 is 5.97 Å². The Labute approximate surface area is 226 Å². The molecular formula is C29H56N2O4S. The van der Waals surface area contributed by atoms with Crippen LogP contribution in [0, 0.1) is 0 Å². The summed E-state index contributed by atoms with van der Waals surface area (Å²) < 4.78 is 5.93. The number of unbranched alkanes of at least 4 members (excludes halogenated alkanes) is 11. The second-order valence-electron chi connectivity index (χ2n) is 10.2. The van der Waals surface area contributed by atoms with Crippen molar-refractivity contribution in [3.05, 3.63) is 0 Å². The van der Waals surface area contributed by atoms with Crippen molar-refractivity contribution >= 4 is 29.3 Å². The second kappa shape index (κ2) is 25.6. The van der Waals surface area contributed by atoms with Gasteiger partial charge in [-0.15, -0.1) is 0 Å². The van der Waals surface area contributed by atoms with E-state index in [2.05, 4.69) is 18.7 Å². The van der Waals surface area contributed by atoms with Crippen LogP contribution in [0.4, 0.5) is 4.79 Å². The van der Waals surface area contributed by atoms with Crippen LogP contribution in [0.25, 0.3) is 0 Å². The molecule has 0 aliphatic heterocycles. The van der Waals surface area contributed by atoms with Crippen LogP contribution in [0.2, 0.25) is 0 Å². The molecule has 0 aliphatic carbocycles. The highest BCUT2D eigenvalue weighted by Crippen LogP contribution is 2.18. The molecule has 0 saturated heterocycles. The van der Waals surface area contributed by atoms with E-state index in [-0.39, 0.29) is 23.7 Å². The number of aldehydes is 1.